The maximum atomic E-state index is 11.5. The van der Waals surface area contributed by atoms with Gasteiger partial charge in [0.25, 0.3) is 0 Å². The second-order valence-corrected chi connectivity index (χ2v) is 4.09. The number of esters is 2. The number of carbonyl (C=O) groups excluding carboxylic acids is 2. The second kappa shape index (κ2) is 10.1. The minimum absolute atomic E-state index is 0.417. The van der Waals surface area contributed by atoms with Crippen molar-refractivity contribution in [1.82, 2.24) is 0 Å². The lowest BCUT2D eigenvalue weighted by Gasteiger charge is -2.13. The fourth-order valence-corrected chi connectivity index (χ4v) is 1.47. The van der Waals surface area contributed by atoms with E-state index in [0.717, 1.165) is 12.8 Å². The molecular formula is C13H24O4. The van der Waals surface area contributed by atoms with Crippen LogP contribution >= 0.6 is 0 Å². The Kier molecular flexibility index (Phi) is 9.49. The first-order chi connectivity index (χ1) is 8.11. The highest BCUT2D eigenvalue weighted by atomic mass is 16.6. The van der Waals surface area contributed by atoms with Crippen molar-refractivity contribution in [2.45, 2.75) is 65.4 Å². The molecule has 0 unspecified atom stereocenters. The van der Waals surface area contributed by atoms with Crippen LogP contribution in [-0.2, 0) is 19.1 Å². The summed E-state index contributed by atoms with van der Waals surface area (Å²) >= 11 is 0. The quantitative estimate of drug-likeness (QED) is 0.462. The lowest BCUT2D eigenvalue weighted by atomic mass is 10.2. The molecule has 0 amide bonds. The third-order valence-electron chi connectivity index (χ3n) is 2.43. The third-order valence-corrected chi connectivity index (χ3v) is 2.43. The van der Waals surface area contributed by atoms with Gasteiger partial charge in [0, 0.05) is 6.92 Å². The first-order valence-electron chi connectivity index (χ1n) is 6.45. The first kappa shape index (κ1) is 15.9. The highest BCUT2D eigenvalue weighted by molar-refractivity contribution is 5.78. The minimum Gasteiger partial charge on any atom is -0.463 e. The molecule has 0 saturated carbocycles. The van der Waals surface area contributed by atoms with Crippen molar-refractivity contribution in [2.75, 3.05) is 6.61 Å². The summed E-state index contributed by atoms with van der Waals surface area (Å²) in [6.45, 7) is 5.65. The lowest BCUT2D eigenvalue weighted by Crippen LogP contribution is -2.28. The van der Waals surface area contributed by atoms with E-state index < -0.39 is 18.0 Å². The Morgan fingerprint density at radius 2 is 1.71 bits per heavy atom. The van der Waals surface area contributed by atoms with E-state index in [1.807, 2.05) is 0 Å². The average Bonchev–Trinajstić information content (AvgIpc) is 2.30. The molecule has 0 rings (SSSR count). The van der Waals surface area contributed by atoms with Gasteiger partial charge < -0.3 is 9.47 Å². The van der Waals surface area contributed by atoms with Crippen LogP contribution in [0.2, 0.25) is 0 Å². The van der Waals surface area contributed by atoms with Crippen molar-refractivity contribution in [2.24, 2.45) is 0 Å². The Balaban J connectivity index is 3.64. The van der Waals surface area contributed by atoms with Crippen LogP contribution in [0.15, 0.2) is 0 Å². The van der Waals surface area contributed by atoms with Gasteiger partial charge in [-0.1, -0.05) is 39.5 Å². The molecule has 0 spiro atoms. The molecule has 0 saturated heterocycles. The Hall–Kier alpha value is -1.06. The van der Waals surface area contributed by atoms with Gasteiger partial charge in [-0.2, -0.15) is 0 Å². The highest BCUT2D eigenvalue weighted by Gasteiger charge is 2.20. The zero-order valence-electron chi connectivity index (χ0n) is 11.2. The summed E-state index contributed by atoms with van der Waals surface area (Å²) in [6.07, 6.45) is 5.25. The molecule has 4 nitrogen and oxygen atoms in total. The fourth-order valence-electron chi connectivity index (χ4n) is 1.47. The Labute approximate surface area is 104 Å². The molecular weight excluding hydrogens is 220 g/mol. The smallest absolute Gasteiger partial charge is 0.347 e. The predicted octanol–water partition coefficient (Wildman–Crippen LogP) is 2.84. The largest absolute Gasteiger partial charge is 0.463 e. The molecule has 0 aromatic heterocycles. The summed E-state index contributed by atoms with van der Waals surface area (Å²) in [5, 5.41) is 0. The predicted molar refractivity (Wildman–Crippen MR) is 65.6 cm³/mol. The van der Waals surface area contributed by atoms with Crippen LogP contribution < -0.4 is 0 Å². The van der Waals surface area contributed by atoms with Gasteiger partial charge in [-0.05, 0) is 12.8 Å². The molecule has 0 aromatic carbocycles. The SMILES string of the molecule is CCCCCCCOC(=O)[C@H](CC)OC(C)=O. The van der Waals surface area contributed by atoms with E-state index in [1.54, 1.807) is 6.92 Å². The van der Waals surface area contributed by atoms with Crippen molar-refractivity contribution in [1.29, 1.82) is 0 Å². The molecule has 0 radical (unpaired) electrons. The van der Waals surface area contributed by atoms with Crippen molar-refractivity contribution in [3.63, 3.8) is 0 Å². The van der Waals surface area contributed by atoms with E-state index in [0.29, 0.717) is 13.0 Å². The van der Waals surface area contributed by atoms with Crippen LogP contribution in [-0.4, -0.2) is 24.6 Å². The molecule has 0 aliphatic rings. The van der Waals surface area contributed by atoms with E-state index in [-0.39, 0.29) is 0 Å². The number of hydrogen-bond acceptors (Lipinski definition) is 4. The third kappa shape index (κ3) is 8.72. The lowest BCUT2D eigenvalue weighted by molar-refractivity contribution is -0.166. The summed E-state index contributed by atoms with van der Waals surface area (Å²) in [4.78, 5) is 22.2. The maximum Gasteiger partial charge on any atom is 0.347 e. The number of ether oxygens (including phenoxy) is 2. The van der Waals surface area contributed by atoms with E-state index in [2.05, 4.69) is 6.92 Å². The van der Waals surface area contributed by atoms with Crippen molar-refractivity contribution >= 4 is 11.9 Å². The van der Waals surface area contributed by atoms with Gasteiger partial charge in [0.05, 0.1) is 6.61 Å². The van der Waals surface area contributed by atoms with Crippen LogP contribution in [0, 0.1) is 0 Å². The maximum absolute atomic E-state index is 11.5. The molecule has 0 aliphatic carbocycles. The molecule has 0 bridgehead atoms. The van der Waals surface area contributed by atoms with Crippen LogP contribution in [0.4, 0.5) is 0 Å². The van der Waals surface area contributed by atoms with Gasteiger partial charge in [0.2, 0.25) is 0 Å². The van der Waals surface area contributed by atoms with E-state index in [1.165, 1.54) is 26.2 Å². The fraction of sp³-hybridized carbons (Fsp3) is 0.846. The summed E-state index contributed by atoms with van der Waals surface area (Å²) in [7, 11) is 0. The molecule has 1 atom stereocenters. The standard InChI is InChI=1S/C13H24O4/c1-4-6-7-8-9-10-16-13(15)12(5-2)17-11(3)14/h12H,4-10H2,1-3H3/t12-/m0/s1. The molecule has 4 heteroatoms. The Bertz CT molecular complexity index is 225. The summed E-state index contributed by atoms with van der Waals surface area (Å²) in [6, 6.07) is 0. The molecule has 0 heterocycles. The molecule has 100 valence electrons. The minimum atomic E-state index is -0.747. The van der Waals surface area contributed by atoms with Gasteiger partial charge in [-0.3, -0.25) is 4.79 Å². The molecule has 0 aromatic rings. The topological polar surface area (TPSA) is 52.6 Å². The molecule has 0 N–H and O–H groups in total. The summed E-state index contributed by atoms with van der Waals surface area (Å²) < 4.78 is 9.90. The second-order valence-electron chi connectivity index (χ2n) is 4.09. The zero-order valence-corrected chi connectivity index (χ0v) is 11.2. The molecule has 0 fully saturated rings. The van der Waals surface area contributed by atoms with Crippen molar-refractivity contribution in [3.05, 3.63) is 0 Å². The Morgan fingerprint density at radius 3 is 2.24 bits per heavy atom. The van der Waals surface area contributed by atoms with Gasteiger partial charge in [-0.25, -0.2) is 4.79 Å². The van der Waals surface area contributed by atoms with Gasteiger partial charge in [0.1, 0.15) is 0 Å². The first-order valence-corrected chi connectivity index (χ1v) is 6.45. The van der Waals surface area contributed by atoms with Crippen LogP contribution in [0.25, 0.3) is 0 Å². The number of rotatable bonds is 9. The van der Waals surface area contributed by atoms with Gasteiger partial charge in [0.15, 0.2) is 6.10 Å². The number of hydrogen-bond donors (Lipinski definition) is 0. The number of unbranched alkanes of at least 4 members (excludes halogenated alkanes) is 4. The monoisotopic (exact) mass is 244 g/mol. The summed E-state index contributed by atoms with van der Waals surface area (Å²) in [5.41, 5.74) is 0. The van der Waals surface area contributed by atoms with E-state index in [4.69, 9.17) is 9.47 Å². The molecule has 17 heavy (non-hydrogen) atoms. The van der Waals surface area contributed by atoms with E-state index in [9.17, 15) is 9.59 Å². The van der Waals surface area contributed by atoms with Crippen LogP contribution in [0.3, 0.4) is 0 Å². The Morgan fingerprint density at radius 1 is 1.06 bits per heavy atom. The van der Waals surface area contributed by atoms with Crippen LogP contribution in [0.1, 0.15) is 59.3 Å². The van der Waals surface area contributed by atoms with Crippen molar-refractivity contribution in [3.8, 4) is 0 Å². The number of carbonyl (C=O) groups is 2. The van der Waals surface area contributed by atoms with Gasteiger partial charge >= 0.3 is 11.9 Å². The van der Waals surface area contributed by atoms with E-state index >= 15 is 0 Å². The summed E-state index contributed by atoms with van der Waals surface area (Å²) in [5.74, 6) is -0.880. The zero-order chi connectivity index (χ0) is 13.1. The van der Waals surface area contributed by atoms with Gasteiger partial charge in [-0.15, -0.1) is 0 Å². The van der Waals surface area contributed by atoms with Crippen LogP contribution in [0.5, 0.6) is 0 Å². The molecule has 0 aliphatic heterocycles. The van der Waals surface area contributed by atoms with Crippen molar-refractivity contribution < 1.29 is 19.1 Å². The average molecular weight is 244 g/mol. The highest BCUT2D eigenvalue weighted by Crippen LogP contribution is 2.05. The normalized spacial score (nSPS) is 11.9.